The molecule has 0 amide bonds. The van der Waals surface area contributed by atoms with E-state index in [1.165, 1.54) is 10.4 Å². The molecule has 12 heteroatoms. The second-order valence-electron chi connectivity index (χ2n) is 11.7. The summed E-state index contributed by atoms with van der Waals surface area (Å²) in [4.78, 5) is 0. The standard InChI is InChI=1S/C36H59FO10Si/c1-36(2,3)48(34-10-6-4-7-11-34,35-12-8-5-9-13-35)47-33-32-46-31-30-45-29-28-44-27-26-43-25-24-42-23-22-41-21-20-40-19-18-39-17-16-38-15-14-37/h4-13H,14-33H2,1-3H3. The molecule has 0 spiro atoms. The summed E-state index contributed by atoms with van der Waals surface area (Å²) in [5.41, 5.74) is 0. The maximum absolute atomic E-state index is 11.9. The van der Waals surface area contributed by atoms with Crippen LogP contribution in [0.3, 0.4) is 0 Å². The second kappa shape index (κ2) is 27.9. The van der Waals surface area contributed by atoms with Gasteiger partial charge < -0.3 is 47.1 Å². The lowest BCUT2D eigenvalue weighted by atomic mass is 10.2. The van der Waals surface area contributed by atoms with Gasteiger partial charge in [0.25, 0.3) is 8.32 Å². The molecule has 0 aliphatic carbocycles. The van der Waals surface area contributed by atoms with E-state index >= 15 is 0 Å². The zero-order valence-electron chi connectivity index (χ0n) is 29.4. The molecule has 0 saturated heterocycles. The second-order valence-corrected chi connectivity index (χ2v) is 16.0. The molecule has 2 rings (SSSR count). The van der Waals surface area contributed by atoms with Crippen LogP contribution in [0.2, 0.25) is 5.04 Å². The van der Waals surface area contributed by atoms with Gasteiger partial charge in [0.1, 0.15) is 6.67 Å². The van der Waals surface area contributed by atoms with E-state index in [4.69, 9.17) is 47.1 Å². The highest BCUT2D eigenvalue weighted by Crippen LogP contribution is 2.36. The van der Waals surface area contributed by atoms with Gasteiger partial charge in [-0.15, -0.1) is 0 Å². The van der Waals surface area contributed by atoms with Crippen molar-refractivity contribution in [2.24, 2.45) is 0 Å². The first-order valence-corrected chi connectivity index (χ1v) is 18.9. The Kier molecular flexibility index (Phi) is 24.7. The summed E-state index contributed by atoms with van der Waals surface area (Å²) in [6, 6.07) is 21.3. The number of benzene rings is 2. The molecule has 0 atom stereocenters. The molecule has 2 aromatic rings. The lowest BCUT2D eigenvalue weighted by molar-refractivity contribution is -0.0255. The Morgan fingerprint density at radius 3 is 0.896 bits per heavy atom. The summed E-state index contributed by atoms with van der Waals surface area (Å²) >= 11 is 0. The van der Waals surface area contributed by atoms with E-state index in [9.17, 15) is 4.39 Å². The van der Waals surface area contributed by atoms with E-state index in [0.717, 1.165) is 0 Å². The van der Waals surface area contributed by atoms with Gasteiger partial charge in [-0.25, -0.2) is 4.39 Å². The number of ether oxygens (including phenoxy) is 9. The maximum Gasteiger partial charge on any atom is 0.261 e. The molecule has 2 aromatic carbocycles. The van der Waals surface area contributed by atoms with E-state index < -0.39 is 15.0 Å². The van der Waals surface area contributed by atoms with Crippen LogP contribution in [0.25, 0.3) is 0 Å². The third-order valence-electron chi connectivity index (χ3n) is 7.16. The van der Waals surface area contributed by atoms with Gasteiger partial charge in [-0.2, -0.15) is 0 Å². The highest BCUT2D eigenvalue weighted by Gasteiger charge is 2.50. The van der Waals surface area contributed by atoms with Gasteiger partial charge in [0.2, 0.25) is 0 Å². The van der Waals surface area contributed by atoms with Crippen LogP contribution in [0.4, 0.5) is 4.39 Å². The smallest absolute Gasteiger partial charge is 0.261 e. The van der Waals surface area contributed by atoms with Crippen LogP contribution in [-0.2, 0) is 47.1 Å². The van der Waals surface area contributed by atoms with Gasteiger partial charge >= 0.3 is 0 Å². The summed E-state index contributed by atoms with van der Waals surface area (Å²) in [7, 11) is -2.54. The fourth-order valence-electron chi connectivity index (χ4n) is 4.93. The van der Waals surface area contributed by atoms with Crippen molar-refractivity contribution >= 4 is 18.7 Å². The van der Waals surface area contributed by atoms with Crippen LogP contribution >= 0.6 is 0 Å². The van der Waals surface area contributed by atoms with Gasteiger partial charge in [0, 0.05) is 0 Å². The Labute approximate surface area is 288 Å². The van der Waals surface area contributed by atoms with Crippen molar-refractivity contribution < 1.29 is 51.4 Å². The monoisotopic (exact) mass is 698 g/mol. The fraction of sp³-hybridized carbons (Fsp3) is 0.667. The van der Waals surface area contributed by atoms with Crippen molar-refractivity contribution in [2.75, 3.05) is 132 Å². The summed E-state index contributed by atoms with van der Waals surface area (Å²) in [6.45, 7) is 15.2. The van der Waals surface area contributed by atoms with Crippen LogP contribution in [0.1, 0.15) is 20.8 Å². The fourth-order valence-corrected chi connectivity index (χ4v) is 9.48. The SMILES string of the molecule is CC(C)(C)[Si](OCCOCCOCCOCCOCCOCCOCCOCCOCCOCCF)(c1ccccc1)c1ccccc1. The molecule has 0 N–H and O–H groups in total. The highest BCUT2D eigenvalue weighted by molar-refractivity contribution is 6.99. The van der Waals surface area contributed by atoms with Crippen molar-refractivity contribution in [2.45, 2.75) is 25.8 Å². The number of hydrogen-bond donors (Lipinski definition) is 0. The minimum Gasteiger partial charge on any atom is -0.405 e. The Hall–Kier alpha value is -1.81. The average molecular weight is 699 g/mol. The minimum atomic E-state index is -2.54. The van der Waals surface area contributed by atoms with Gasteiger partial charge in [-0.1, -0.05) is 81.4 Å². The van der Waals surface area contributed by atoms with Crippen molar-refractivity contribution in [1.82, 2.24) is 0 Å². The van der Waals surface area contributed by atoms with Gasteiger partial charge in [-0.05, 0) is 15.4 Å². The van der Waals surface area contributed by atoms with Crippen molar-refractivity contribution in [3.8, 4) is 0 Å². The zero-order valence-corrected chi connectivity index (χ0v) is 30.4. The predicted octanol–water partition coefficient (Wildman–Crippen LogP) is 3.68. The Morgan fingerprint density at radius 2 is 0.646 bits per heavy atom. The van der Waals surface area contributed by atoms with Crippen LogP contribution < -0.4 is 10.4 Å². The normalized spacial score (nSPS) is 12.2. The molecule has 274 valence electrons. The lowest BCUT2D eigenvalue weighted by Gasteiger charge is -2.43. The quantitative estimate of drug-likeness (QED) is 0.0833. The first kappa shape index (κ1) is 42.4. The van der Waals surface area contributed by atoms with Crippen molar-refractivity contribution in [3.63, 3.8) is 0 Å². The number of rotatable bonds is 32. The molecule has 10 nitrogen and oxygen atoms in total. The molecule has 0 fully saturated rings. The summed E-state index contributed by atoms with van der Waals surface area (Å²) in [5, 5.41) is 2.47. The van der Waals surface area contributed by atoms with E-state index in [1.54, 1.807) is 0 Å². The molecule has 0 radical (unpaired) electrons. The molecule has 0 unspecified atom stereocenters. The topological polar surface area (TPSA) is 92.3 Å². The molecule has 0 aliphatic heterocycles. The number of alkyl halides is 1. The van der Waals surface area contributed by atoms with E-state index in [0.29, 0.717) is 119 Å². The molecule has 0 bridgehead atoms. The lowest BCUT2D eigenvalue weighted by Crippen LogP contribution is -2.66. The summed E-state index contributed by atoms with van der Waals surface area (Å²) in [6.07, 6.45) is 0. The summed E-state index contributed by atoms with van der Waals surface area (Å²) < 4.78 is 67.8. The highest BCUT2D eigenvalue weighted by atomic mass is 28.4. The molecule has 0 heterocycles. The van der Waals surface area contributed by atoms with Gasteiger partial charge in [0.05, 0.1) is 126 Å². The van der Waals surface area contributed by atoms with Gasteiger partial charge in [-0.3, -0.25) is 0 Å². The zero-order chi connectivity index (χ0) is 34.4. The van der Waals surface area contributed by atoms with Crippen LogP contribution in [0.5, 0.6) is 0 Å². The van der Waals surface area contributed by atoms with Crippen LogP contribution in [0.15, 0.2) is 60.7 Å². The predicted molar refractivity (Wildman–Crippen MR) is 187 cm³/mol. The first-order chi connectivity index (χ1) is 23.5. The third kappa shape index (κ3) is 18.3. The van der Waals surface area contributed by atoms with Crippen molar-refractivity contribution in [3.05, 3.63) is 60.7 Å². The average Bonchev–Trinajstić information content (AvgIpc) is 3.09. The first-order valence-electron chi connectivity index (χ1n) is 17.0. The van der Waals surface area contributed by atoms with Gasteiger partial charge in [0.15, 0.2) is 0 Å². The molecular formula is C36H59FO10Si. The number of halogens is 1. The largest absolute Gasteiger partial charge is 0.405 e. The maximum atomic E-state index is 11.9. The van der Waals surface area contributed by atoms with E-state index in [2.05, 4.69) is 81.4 Å². The Morgan fingerprint density at radius 1 is 0.396 bits per heavy atom. The van der Waals surface area contributed by atoms with E-state index in [1.807, 2.05) is 0 Å². The number of hydrogen-bond acceptors (Lipinski definition) is 10. The molecule has 0 aliphatic rings. The van der Waals surface area contributed by atoms with Crippen LogP contribution in [0, 0.1) is 0 Å². The molecule has 0 aromatic heterocycles. The third-order valence-corrected chi connectivity index (χ3v) is 12.2. The van der Waals surface area contributed by atoms with Crippen molar-refractivity contribution in [1.29, 1.82) is 0 Å². The Bertz CT molecular complexity index is 944. The molecular weight excluding hydrogens is 639 g/mol. The van der Waals surface area contributed by atoms with E-state index in [-0.39, 0.29) is 11.6 Å². The molecule has 48 heavy (non-hydrogen) atoms. The Balaban J connectivity index is 1.37. The minimum absolute atomic E-state index is 0.0570. The molecule has 0 saturated carbocycles. The summed E-state index contributed by atoms with van der Waals surface area (Å²) in [5.74, 6) is 0. The van der Waals surface area contributed by atoms with Crippen LogP contribution in [-0.4, -0.2) is 141 Å².